The van der Waals surface area contributed by atoms with Gasteiger partial charge in [-0.25, -0.2) is 18.3 Å². The van der Waals surface area contributed by atoms with E-state index in [-0.39, 0.29) is 32.4 Å². The highest BCUT2D eigenvalue weighted by Gasteiger charge is 2.38. The number of amides is 3. The maximum atomic E-state index is 13.1. The molecule has 0 fully saturated rings. The van der Waals surface area contributed by atoms with Crippen LogP contribution in [0, 0.1) is 0 Å². The lowest BCUT2D eigenvalue weighted by Crippen LogP contribution is -2.31. The molecule has 164 valence electrons. The van der Waals surface area contributed by atoms with Gasteiger partial charge in [-0.2, -0.15) is 0 Å². The zero-order chi connectivity index (χ0) is 23.3. The van der Waals surface area contributed by atoms with Gasteiger partial charge in [-0.15, -0.1) is 0 Å². The minimum Gasteiger partial charge on any atom is -0.298 e. The molecule has 0 radical (unpaired) electrons. The maximum Gasteiger partial charge on any atom is 0.266 e. The Kier molecular flexibility index (Phi) is 4.84. The molecule has 8 nitrogen and oxygen atoms in total. The first-order valence-electron chi connectivity index (χ1n) is 9.73. The lowest BCUT2D eigenvalue weighted by molar-refractivity contribution is 0.0926. The number of carbonyl (C=O) groups is 3. The first-order chi connectivity index (χ1) is 15.7. The van der Waals surface area contributed by atoms with Crippen LogP contribution in [0.2, 0.25) is 0 Å². The van der Waals surface area contributed by atoms with E-state index in [9.17, 15) is 22.8 Å². The fraction of sp³-hybridized carbons (Fsp3) is 0.0435. The molecule has 1 aliphatic heterocycles. The summed E-state index contributed by atoms with van der Waals surface area (Å²) >= 11 is 1.12. The van der Waals surface area contributed by atoms with Crippen LogP contribution in [0.3, 0.4) is 0 Å². The van der Waals surface area contributed by atoms with Crippen molar-refractivity contribution in [2.45, 2.75) is 4.90 Å². The van der Waals surface area contributed by atoms with Gasteiger partial charge < -0.3 is 0 Å². The highest BCUT2D eigenvalue weighted by Crippen LogP contribution is 2.32. The molecule has 3 aromatic carbocycles. The predicted octanol–water partition coefficient (Wildman–Crippen LogP) is 3.75. The first-order valence-corrected chi connectivity index (χ1v) is 12.4. The Labute approximate surface area is 192 Å². The quantitative estimate of drug-likeness (QED) is 0.448. The van der Waals surface area contributed by atoms with Crippen LogP contribution >= 0.6 is 11.3 Å². The van der Waals surface area contributed by atoms with E-state index in [1.807, 2.05) is 0 Å². The van der Waals surface area contributed by atoms with Crippen LogP contribution in [0.5, 0.6) is 0 Å². The molecule has 0 spiro atoms. The number of carbonyl (C=O) groups excluding carboxylic acids is 3. The van der Waals surface area contributed by atoms with Crippen LogP contribution in [0.15, 0.2) is 71.6 Å². The zero-order valence-electron chi connectivity index (χ0n) is 17.1. The molecule has 0 saturated carbocycles. The molecular weight excluding hydrogens is 462 g/mol. The summed E-state index contributed by atoms with van der Waals surface area (Å²) in [5, 5.41) is 2.95. The monoisotopic (exact) mass is 477 g/mol. The molecule has 0 bridgehead atoms. The average molecular weight is 478 g/mol. The lowest BCUT2D eigenvalue weighted by Gasteiger charge is -2.17. The maximum absolute atomic E-state index is 13.1. The van der Waals surface area contributed by atoms with Gasteiger partial charge in [0.2, 0.25) is 0 Å². The summed E-state index contributed by atoms with van der Waals surface area (Å²) in [6, 6.07) is 17.4. The second-order valence-corrected chi connectivity index (χ2v) is 10.4. The standard InChI is InChI=1S/C23H15N3O5S2/c1-33(30,31)13-10-11-17-19(12-13)32-23(24-17)25-20(27)16-8-4-5-9-18(16)26-21(28)14-6-2-3-7-15(14)22(26)29/h2-12H,1H3,(H,24,25,27). The van der Waals surface area contributed by atoms with Gasteiger partial charge in [0, 0.05) is 6.26 Å². The number of benzene rings is 3. The van der Waals surface area contributed by atoms with Crippen LogP contribution in [0.1, 0.15) is 31.1 Å². The molecule has 0 saturated heterocycles. The summed E-state index contributed by atoms with van der Waals surface area (Å²) in [6.45, 7) is 0. The molecule has 10 heteroatoms. The fourth-order valence-electron chi connectivity index (χ4n) is 3.62. The predicted molar refractivity (Wildman–Crippen MR) is 125 cm³/mol. The van der Waals surface area contributed by atoms with Crippen molar-refractivity contribution in [2.75, 3.05) is 16.5 Å². The third kappa shape index (κ3) is 3.59. The summed E-state index contributed by atoms with van der Waals surface area (Å²) in [5.74, 6) is -1.54. The Morgan fingerprint density at radius 3 is 2.24 bits per heavy atom. The Morgan fingerprint density at radius 1 is 0.939 bits per heavy atom. The number of para-hydroxylation sites is 1. The van der Waals surface area contributed by atoms with Crippen molar-refractivity contribution in [3.8, 4) is 0 Å². The minimum atomic E-state index is -3.38. The largest absolute Gasteiger partial charge is 0.298 e. The number of rotatable bonds is 4. The van der Waals surface area contributed by atoms with E-state index in [0.717, 1.165) is 22.5 Å². The molecule has 0 aliphatic carbocycles. The number of aromatic nitrogens is 1. The highest BCUT2D eigenvalue weighted by molar-refractivity contribution is 7.90. The van der Waals surface area contributed by atoms with Crippen LogP contribution in [0.4, 0.5) is 10.8 Å². The van der Waals surface area contributed by atoms with Crippen LogP contribution in [-0.2, 0) is 9.84 Å². The number of nitrogens with zero attached hydrogens (tertiary/aromatic N) is 2. The highest BCUT2D eigenvalue weighted by atomic mass is 32.2. The SMILES string of the molecule is CS(=O)(=O)c1ccc2nc(NC(=O)c3ccccc3N3C(=O)c4ccccc4C3=O)sc2c1. The number of fused-ring (bicyclic) bond motifs is 2. The number of imide groups is 1. The van der Waals surface area contributed by atoms with Gasteiger partial charge in [-0.05, 0) is 42.5 Å². The topological polar surface area (TPSA) is 114 Å². The van der Waals surface area contributed by atoms with Crippen LogP contribution in [0.25, 0.3) is 10.2 Å². The summed E-state index contributed by atoms with van der Waals surface area (Å²) in [4.78, 5) is 44.4. The van der Waals surface area contributed by atoms with Gasteiger partial charge in [0.25, 0.3) is 17.7 Å². The molecule has 0 unspecified atom stereocenters. The van der Waals surface area contributed by atoms with Crippen molar-refractivity contribution >= 4 is 59.9 Å². The van der Waals surface area contributed by atoms with Gasteiger partial charge in [0.15, 0.2) is 15.0 Å². The first kappa shape index (κ1) is 21.0. The smallest absolute Gasteiger partial charge is 0.266 e. The van der Waals surface area contributed by atoms with Gasteiger partial charge in [-0.3, -0.25) is 19.7 Å². The Hall–Kier alpha value is -3.89. The lowest BCUT2D eigenvalue weighted by atomic mass is 10.1. The molecule has 1 aliphatic rings. The number of nitrogens with one attached hydrogen (secondary N) is 1. The molecule has 3 amide bonds. The van der Waals surface area contributed by atoms with Crippen molar-refractivity contribution in [1.29, 1.82) is 0 Å². The van der Waals surface area contributed by atoms with Crippen molar-refractivity contribution in [3.63, 3.8) is 0 Å². The van der Waals surface area contributed by atoms with Crippen molar-refractivity contribution in [2.24, 2.45) is 0 Å². The third-order valence-corrected chi connectivity index (χ3v) is 7.24. The van der Waals surface area contributed by atoms with Crippen LogP contribution < -0.4 is 10.2 Å². The van der Waals surface area contributed by atoms with E-state index in [0.29, 0.717) is 10.2 Å². The van der Waals surface area contributed by atoms with E-state index in [4.69, 9.17) is 0 Å². The van der Waals surface area contributed by atoms with Crippen molar-refractivity contribution < 1.29 is 22.8 Å². The summed E-state index contributed by atoms with van der Waals surface area (Å²) in [5.41, 5.74) is 1.40. The Morgan fingerprint density at radius 2 is 1.58 bits per heavy atom. The molecule has 0 atom stereocenters. The number of hydrogen-bond acceptors (Lipinski definition) is 7. The molecule has 5 rings (SSSR count). The van der Waals surface area contributed by atoms with Gasteiger partial charge in [-0.1, -0.05) is 35.6 Å². The van der Waals surface area contributed by atoms with Crippen LogP contribution in [-0.4, -0.2) is 37.4 Å². The number of sulfone groups is 1. The second kappa shape index (κ2) is 7.61. The molecule has 1 aromatic heterocycles. The Bertz CT molecular complexity index is 1560. The Balaban J connectivity index is 1.48. The summed E-state index contributed by atoms with van der Waals surface area (Å²) in [6.07, 6.45) is 1.12. The van der Waals surface area contributed by atoms with Gasteiger partial charge in [0.1, 0.15) is 0 Å². The normalized spacial score (nSPS) is 13.4. The third-order valence-electron chi connectivity index (χ3n) is 5.19. The number of thiazole rings is 1. The van der Waals surface area contributed by atoms with E-state index in [2.05, 4.69) is 10.3 Å². The molecular formula is C23H15N3O5S2. The van der Waals surface area contributed by atoms with Gasteiger partial charge >= 0.3 is 0 Å². The molecule has 2 heterocycles. The van der Waals surface area contributed by atoms with E-state index < -0.39 is 27.6 Å². The summed E-state index contributed by atoms with van der Waals surface area (Å²) in [7, 11) is -3.38. The molecule has 1 N–H and O–H groups in total. The minimum absolute atomic E-state index is 0.128. The molecule has 4 aromatic rings. The van der Waals surface area contributed by atoms with Crippen molar-refractivity contribution in [1.82, 2.24) is 4.98 Å². The van der Waals surface area contributed by atoms with E-state index in [1.165, 1.54) is 24.3 Å². The zero-order valence-corrected chi connectivity index (χ0v) is 18.7. The number of anilines is 2. The van der Waals surface area contributed by atoms with E-state index in [1.54, 1.807) is 42.5 Å². The number of hydrogen-bond donors (Lipinski definition) is 1. The summed E-state index contributed by atoms with van der Waals surface area (Å²) < 4.78 is 24.2. The van der Waals surface area contributed by atoms with E-state index >= 15 is 0 Å². The average Bonchev–Trinajstić information content (AvgIpc) is 3.30. The van der Waals surface area contributed by atoms with Crippen molar-refractivity contribution in [3.05, 3.63) is 83.4 Å². The molecule has 33 heavy (non-hydrogen) atoms. The van der Waals surface area contributed by atoms with Gasteiger partial charge in [0.05, 0.1) is 37.5 Å². The second-order valence-electron chi connectivity index (χ2n) is 7.38. The fourth-order valence-corrected chi connectivity index (χ4v) is 5.24.